The first kappa shape index (κ1) is 19.2. The lowest BCUT2D eigenvalue weighted by Gasteiger charge is -2.64. The number of aliphatic hydroxyl groups is 1. The molecular formula is C23H34O6. The number of ether oxygens (including phenoxy) is 4. The van der Waals surface area contributed by atoms with Crippen LogP contribution in [0.5, 0.6) is 0 Å². The van der Waals surface area contributed by atoms with Crippen LogP contribution in [0.1, 0.15) is 65.2 Å². The molecule has 0 aromatic heterocycles. The van der Waals surface area contributed by atoms with Crippen molar-refractivity contribution < 1.29 is 28.8 Å². The predicted molar refractivity (Wildman–Crippen MR) is 103 cm³/mol. The molecular weight excluding hydrogens is 372 g/mol. The Morgan fingerprint density at radius 3 is 2.17 bits per heavy atom. The molecule has 6 fully saturated rings. The number of carbonyl (C=O) groups excluding carboxylic acids is 1. The van der Waals surface area contributed by atoms with E-state index >= 15 is 0 Å². The number of rotatable bonds is 0. The van der Waals surface area contributed by atoms with E-state index in [2.05, 4.69) is 13.8 Å². The smallest absolute Gasteiger partial charge is 0.174 e. The summed E-state index contributed by atoms with van der Waals surface area (Å²) in [5, 5.41) is 11.8. The fraction of sp³-hybridized carbons (Fsp3) is 0.957. The maximum atomic E-state index is 13.5. The average molecular weight is 407 g/mol. The van der Waals surface area contributed by atoms with Gasteiger partial charge in [-0.2, -0.15) is 0 Å². The molecule has 0 aromatic rings. The fourth-order valence-electron chi connectivity index (χ4n) is 8.62. The minimum absolute atomic E-state index is 0.00196. The Morgan fingerprint density at radius 2 is 1.45 bits per heavy atom. The monoisotopic (exact) mass is 406 g/mol. The molecule has 2 aliphatic heterocycles. The number of hydrogen-bond donors (Lipinski definition) is 1. The van der Waals surface area contributed by atoms with E-state index in [1.807, 2.05) is 0 Å². The maximum Gasteiger partial charge on any atom is 0.174 e. The van der Waals surface area contributed by atoms with Crippen LogP contribution < -0.4 is 0 Å². The van der Waals surface area contributed by atoms with Crippen molar-refractivity contribution in [3.8, 4) is 0 Å². The molecule has 2 spiro atoms. The zero-order valence-electron chi connectivity index (χ0n) is 17.7. The highest BCUT2D eigenvalue weighted by Gasteiger charge is 2.72. The molecule has 4 saturated carbocycles. The largest absolute Gasteiger partial charge is 0.381 e. The second-order valence-electron chi connectivity index (χ2n) is 11.0. The minimum Gasteiger partial charge on any atom is -0.381 e. The van der Waals surface area contributed by atoms with Gasteiger partial charge in [0.15, 0.2) is 17.4 Å². The average Bonchev–Trinajstić information content (AvgIpc) is 3.40. The third-order valence-electron chi connectivity index (χ3n) is 10.2. The van der Waals surface area contributed by atoms with Crippen molar-refractivity contribution in [2.75, 3.05) is 26.4 Å². The molecule has 2 heterocycles. The van der Waals surface area contributed by atoms with Gasteiger partial charge in [-0.1, -0.05) is 13.8 Å². The van der Waals surface area contributed by atoms with Crippen molar-refractivity contribution in [2.24, 2.45) is 28.6 Å². The van der Waals surface area contributed by atoms with Crippen LogP contribution >= 0.6 is 0 Å². The van der Waals surface area contributed by atoms with Crippen molar-refractivity contribution in [2.45, 2.75) is 82.4 Å². The quantitative estimate of drug-likeness (QED) is 0.667. The summed E-state index contributed by atoms with van der Waals surface area (Å²) < 4.78 is 24.2. The second-order valence-corrected chi connectivity index (χ2v) is 11.0. The summed E-state index contributed by atoms with van der Waals surface area (Å²) in [6.45, 7) is 6.95. The van der Waals surface area contributed by atoms with Crippen LogP contribution in [0.3, 0.4) is 0 Å². The topological polar surface area (TPSA) is 74.2 Å². The third kappa shape index (κ3) is 2.18. The Hall–Kier alpha value is -0.530. The minimum atomic E-state index is -1.35. The van der Waals surface area contributed by atoms with Crippen LogP contribution in [0, 0.1) is 28.6 Å². The van der Waals surface area contributed by atoms with E-state index < -0.39 is 22.6 Å². The summed E-state index contributed by atoms with van der Waals surface area (Å²) in [5.74, 6) is -0.153. The Morgan fingerprint density at radius 1 is 0.828 bits per heavy atom. The predicted octanol–water partition coefficient (Wildman–Crippen LogP) is 2.81. The summed E-state index contributed by atoms with van der Waals surface area (Å²) in [5.41, 5.74) is -1.80. The first-order valence-electron chi connectivity index (χ1n) is 11.6. The molecule has 1 N–H and O–H groups in total. The standard InChI is InChI=1S/C23H34O6/c1-19-7-8-21(26-9-10-27-21)14-22(19,25)18(24)13-15-16(19)3-5-20(2)17(15)4-6-23(20)28-11-12-29-23/h15-17,25H,3-14H2,1-2H3. The van der Waals surface area contributed by atoms with E-state index in [-0.39, 0.29) is 17.6 Å². The SMILES string of the molecule is CC12CCC3C(CC(=O)C4(O)CC5(CCC34C)OCCO5)C1CCC21OCCO1. The van der Waals surface area contributed by atoms with Gasteiger partial charge in [0, 0.05) is 36.5 Å². The summed E-state index contributed by atoms with van der Waals surface area (Å²) >= 11 is 0. The van der Waals surface area contributed by atoms with E-state index in [0.29, 0.717) is 50.6 Å². The van der Waals surface area contributed by atoms with Crippen LogP contribution in [0.4, 0.5) is 0 Å². The Labute approximate surface area is 172 Å². The molecule has 6 aliphatic rings. The number of hydrogen-bond acceptors (Lipinski definition) is 6. The summed E-state index contributed by atoms with van der Waals surface area (Å²) in [4.78, 5) is 13.5. The lowest BCUT2D eigenvalue weighted by Crippen LogP contribution is -2.69. The van der Waals surface area contributed by atoms with Crippen molar-refractivity contribution in [3.63, 3.8) is 0 Å². The van der Waals surface area contributed by atoms with Gasteiger partial charge in [0.1, 0.15) is 5.60 Å². The molecule has 4 aliphatic carbocycles. The second kappa shape index (κ2) is 5.83. The molecule has 6 unspecified atom stereocenters. The molecule has 6 rings (SSSR count). The van der Waals surface area contributed by atoms with Crippen LogP contribution in [-0.2, 0) is 23.7 Å². The molecule has 0 radical (unpaired) electrons. The zero-order valence-corrected chi connectivity index (χ0v) is 17.7. The van der Waals surface area contributed by atoms with Gasteiger partial charge in [0.2, 0.25) is 0 Å². The van der Waals surface area contributed by atoms with Gasteiger partial charge in [-0.25, -0.2) is 0 Å². The van der Waals surface area contributed by atoms with Crippen LogP contribution in [0.25, 0.3) is 0 Å². The van der Waals surface area contributed by atoms with E-state index in [0.717, 1.165) is 38.5 Å². The normalized spacial score (nSPS) is 52.5. The van der Waals surface area contributed by atoms with E-state index in [9.17, 15) is 9.90 Å². The number of fused-ring (bicyclic) bond motifs is 6. The van der Waals surface area contributed by atoms with Gasteiger partial charge >= 0.3 is 0 Å². The highest BCUT2D eigenvalue weighted by molar-refractivity contribution is 5.89. The maximum absolute atomic E-state index is 13.5. The van der Waals surface area contributed by atoms with Crippen LogP contribution in [-0.4, -0.2) is 54.5 Å². The number of carbonyl (C=O) groups is 1. The van der Waals surface area contributed by atoms with E-state index in [1.165, 1.54) is 0 Å². The molecule has 0 amide bonds. The van der Waals surface area contributed by atoms with Crippen molar-refractivity contribution in [3.05, 3.63) is 0 Å². The van der Waals surface area contributed by atoms with Crippen LogP contribution in [0.2, 0.25) is 0 Å². The van der Waals surface area contributed by atoms with Gasteiger partial charge in [0.05, 0.1) is 26.4 Å². The number of ketones is 1. The van der Waals surface area contributed by atoms with E-state index in [4.69, 9.17) is 18.9 Å². The third-order valence-corrected chi connectivity index (χ3v) is 10.2. The van der Waals surface area contributed by atoms with Crippen LogP contribution in [0.15, 0.2) is 0 Å². The van der Waals surface area contributed by atoms with Gasteiger partial charge in [-0.05, 0) is 43.4 Å². The summed E-state index contributed by atoms with van der Waals surface area (Å²) in [6, 6.07) is 0. The molecule has 2 saturated heterocycles. The van der Waals surface area contributed by atoms with Gasteiger partial charge < -0.3 is 24.1 Å². The molecule has 0 aromatic carbocycles. The first-order valence-corrected chi connectivity index (χ1v) is 11.6. The van der Waals surface area contributed by atoms with Crippen molar-refractivity contribution in [1.29, 1.82) is 0 Å². The first-order chi connectivity index (χ1) is 13.8. The molecule has 29 heavy (non-hydrogen) atoms. The molecule has 0 bridgehead atoms. The van der Waals surface area contributed by atoms with Crippen molar-refractivity contribution in [1.82, 2.24) is 0 Å². The molecule has 6 nitrogen and oxygen atoms in total. The van der Waals surface area contributed by atoms with E-state index in [1.54, 1.807) is 0 Å². The Bertz CT molecular complexity index is 725. The highest BCUT2D eigenvalue weighted by Crippen LogP contribution is 2.70. The van der Waals surface area contributed by atoms with Gasteiger partial charge in [-0.3, -0.25) is 4.79 Å². The molecule has 6 heteroatoms. The van der Waals surface area contributed by atoms with Crippen molar-refractivity contribution >= 4 is 5.78 Å². The van der Waals surface area contributed by atoms with Gasteiger partial charge in [-0.15, -0.1) is 0 Å². The zero-order chi connectivity index (χ0) is 20.1. The van der Waals surface area contributed by atoms with Gasteiger partial charge in [0.25, 0.3) is 0 Å². The summed E-state index contributed by atoms with van der Waals surface area (Å²) in [6.07, 6.45) is 6.33. The lowest BCUT2D eigenvalue weighted by molar-refractivity contribution is -0.281. The Balaban J connectivity index is 1.35. The fourth-order valence-corrected chi connectivity index (χ4v) is 8.62. The Kier molecular flexibility index (Phi) is 3.85. The number of Topliss-reactive ketones (excluding diaryl/α,β-unsaturated/α-hetero) is 1. The summed E-state index contributed by atoms with van der Waals surface area (Å²) in [7, 11) is 0. The molecule has 6 atom stereocenters. The molecule has 162 valence electrons. The lowest BCUT2D eigenvalue weighted by atomic mass is 9.43. The highest BCUT2D eigenvalue weighted by atomic mass is 16.7.